The van der Waals surface area contributed by atoms with E-state index in [1.807, 2.05) is 6.92 Å². The first-order valence-electron chi connectivity index (χ1n) is 5.71. The lowest BCUT2D eigenvalue weighted by molar-refractivity contribution is -0.106. The Balaban J connectivity index is 2.83. The molecule has 0 saturated heterocycles. The van der Waals surface area contributed by atoms with Gasteiger partial charge in [-0.15, -0.1) is 0 Å². The SMILES string of the molecule is CCOCNCCCCCO[SiH2]CC=O. The van der Waals surface area contributed by atoms with Crippen LogP contribution in [-0.2, 0) is 14.0 Å². The van der Waals surface area contributed by atoms with Crippen LogP contribution < -0.4 is 5.32 Å². The highest BCUT2D eigenvalue weighted by molar-refractivity contribution is 6.31. The topological polar surface area (TPSA) is 47.6 Å². The van der Waals surface area contributed by atoms with Crippen LogP contribution >= 0.6 is 0 Å². The highest BCUT2D eigenvalue weighted by atomic mass is 28.2. The molecule has 0 aromatic heterocycles. The fraction of sp³-hybridized carbons (Fsp3) is 0.900. The zero-order valence-corrected chi connectivity index (χ0v) is 11.1. The van der Waals surface area contributed by atoms with E-state index in [1.54, 1.807) is 0 Å². The average molecular weight is 233 g/mol. The van der Waals surface area contributed by atoms with E-state index in [0.29, 0.717) is 12.8 Å². The zero-order chi connectivity index (χ0) is 11.2. The molecule has 0 spiro atoms. The lowest BCUT2D eigenvalue weighted by Crippen LogP contribution is -2.19. The average Bonchev–Trinajstić information content (AvgIpc) is 2.26. The summed E-state index contributed by atoms with van der Waals surface area (Å²) in [6.07, 6.45) is 4.38. The maximum atomic E-state index is 10.00. The second kappa shape index (κ2) is 13.8. The van der Waals surface area contributed by atoms with Crippen molar-refractivity contribution in [3.05, 3.63) is 0 Å². The number of hydrogen-bond acceptors (Lipinski definition) is 4. The molecule has 0 atom stereocenters. The molecule has 0 unspecified atom stereocenters. The highest BCUT2D eigenvalue weighted by Crippen LogP contribution is 1.94. The Morgan fingerprint density at radius 1 is 1.33 bits per heavy atom. The summed E-state index contributed by atoms with van der Waals surface area (Å²) in [6, 6.07) is 0.649. The Labute approximate surface area is 94.7 Å². The Kier molecular flexibility index (Phi) is 13.6. The van der Waals surface area contributed by atoms with Gasteiger partial charge in [0.05, 0.1) is 6.73 Å². The van der Waals surface area contributed by atoms with Crippen molar-refractivity contribution in [3.63, 3.8) is 0 Å². The van der Waals surface area contributed by atoms with Gasteiger partial charge in [0.15, 0.2) is 9.76 Å². The number of ether oxygens (including phenoxy) is 1. The van der Waals surface area contributed by atoms with Crippen LogP contribution in [0.15, 0.2) is 0 Å². The number of unbranched alkanes of at least 4 members (excludes halogenated alkanes) is 2. The van der Waals surface area contributed by atoms with Crippen molar-refractivity contribution in [3.8, 4) is 0 Å². The Hall–Kier alpha value is -0.233. The van der Waals surface area contributed by atoms with Crippen molar-refractivity contribution in [2.45, 2.75) is 32.2 Å². The van der Waals surface area contributed by atoms with E-state index >= 15 is 0 Å². The Morgan fingerprint density at radius 2 is 2.20 bits per heavy atom. The number of hydrogen-bond donors (Lipinski definition) is 1. The van der Waals surface area contributed by atoms with E-state index in [0.717, 1.165) is 38.9 Å². The predicted octanol–water partition coefficient (Wildman–Crippen LogP) is 0.458. The van der Waals surface area contributed by atoms with Crippen LogP contribution in [-0.4, -0.2) is 42.5 Å². The van der Waals surface area contributed by atoms with Crippen molar-refractivity contribution in [2.75, 3.05) is 26.5 Å². The van der Waals surface area contributed by atoms with Gasteiger partial charge < -0.3 is 14.0 Å². The van der Waals surface area contributed by atoms with Gasteiger partial charge in [-0.25, -0.2) is 0 Å². The fourth-order valence-corrected chi connectivity index (χ4v) is 1.78. The zero-order valence-electron chi connectivity index (χ0n) is 9.67. The van der Waals surface area contributed by atoms with Crippen LogP contribution in [0.5, 0.6) is 0 Å². The largest absolute Gasteiger partial charge is 0.424 e. The van der Waals surface area contributed by atoms with Crippen molar-refractivity contribution in [1.29, 1.82) is 0 Å². The second-order valence-corrected chi connectivity index (χ2v) is 4.66. The molecule has 0 aromatic carbocycles. The van der Waals surface area contributed by atoms with Gasteiger partial charge in [-0.05, 0) is 32.7 Å². The number of carbonyl (C=O) groups is 1. The van der Waals surface area contributed by atoms with E-state index in [1.165, 1.54) is 6.42 Å². The molecule has 0 fully saturated rings. The molecule has 5 heteroatoms. The van der Waals surface area contributed by atoms with Gasteiger partial charge in [-0.2, -0.15) is 0 Å². The maximum Gasteiger partial charge on any atom is 0.168 e. The molecule has 0 bridgehead atoms. The molecule has 1 N–H and O–H groups in total. The molecule has 0 amide bonds. The summed E-state index contributed by atoms with van der Waals surface area (Å²) < 4.78 is 10.5. The quantitative estimate of drug-likeness (QED) is 0.230. The van der Waals surface area contributed by atoms with Gasteiger partial charge in [-0.1, -0.05) is 0 Å². The number of rotatable bonds is 12. The van der Waals surface area contributed by atoms with Crippen molar-refractivity contribution < 1.29 is 14.0 Å². The van der Waals surface area contributed by atoms with Gasteiger partial charge in [0.25, 0.3) is 0 Å². The molecule has 90 valence electrons. The van der Waals surface area contributed by atoms with Crippen LogP contribution in [0.3, 0.4) is 0 Å². The van der Waals surface area contributed by atoms with Crippen LogP contribution in [0.4, 0.5) is 0 Å². The predicted molar refractivity (Wildman–Crippen MR) is 63.7 cm³/mol. The van der Waals surface area contributed by atoms with Crippen LogP contribution in [0, 0.1) is 0 Å². The van der Waals surface area contributed by atoms with Gasteiger partial charge in [0, 0.05) is 19.3 Å². The van der Waals surface area contributed by atoms with Crippen molar-refractivity contribution >= 4 is 16.0 Å². The van der Waals surface area contributed by atoms with E-state index < -0.39 is 9.76 Å². The lowest BCUT2D eigenvalue weighted by Gasteiger charge is -2.04. The first kappa shape index (κ1) is 14.8. The van der Waals surface area contributed by atoms with Crippen LogP contribution in [0.1, 0.15) is 26.2 Å². The standard InChI is InChI=1S/C10H23NO3Si/c1-2-13-10-11-6-4-3-5-8-14-15-9-7-12/h7,11H,2-6,8-10,15H2,1H3. The number of nitrogens with one attached hydrogen (secondary N) is 1. The van der Waals surface area contributed by atoms with Crippen LogP contribution in [0.2, 0.25) is 6.04 Å². The summed E-state index contributed by atoms with van der Waals surface area (Å²) in [5, 5.41) is 3.20. The molecule has 15 heavy (non-hydrogen) atoms. The Bertz CT molecular complexity index is 136. The highest BCUT2D eigenvalue weighted by Gasteiger charge is 1.91. The minimum absolute atomic E-state index is 0.543. The summed E-state index contributed by atoms with van der Waals surface area (Å²) in [4.78, 5) is 10.00. The molecule has 0 aliphatic carbocycles. The second-order valence-electron chi connectivity index (χ2n) is 3.27. The Morgan fingerprint density at radius 3 is 2.93 bits per heavy atom. The summed E-state index contributed by atoms with van der Waals surface area (Å²) in [5.74, 6) is 0. The smallest absolute Gasteiger partial charge is 0.168 e. The molecule has 0 radical (unpaired) electrons. The normalized spacial score (nSPS) is 11.3. The first-order chi connectivity index (χ1) is 7.41. The molecule has 0 aromatic rings. The van der Waals surface area contributed by atoms with Gasteiger partial charge >= 0.3 is 0 Å². The van der Waals surface area contributed by atoms with Crippen molar-refractivity contribution in [1.82, 2.24) is 5.32 Å². The fourth-order valence-electron chi connectivity index (χ4n) is 1.11. The van der Waals surface area contributed by atoms with Gasteiger partial charge in [-0.3, -0.25) is 5.32 Å². The third kappa shape index (κ3) is 13.8. The molecule has 0 aliphatic heterocycles. The summed E-state index contributed by atoms with van der Waals surface area (Å²) in [6.45, 7) is 5.24. The molecular weight excluding hydrogens is 210 g/mol. The van der Waals surface area contributed by atoms with Crippen LogP contribution in [0.25, 0.3) is 0 Å². The number of carbonyl (C=O) groups excluding carboxylic acids is 1. The van der Waals surface area contributed by atoms with E-state index in [-0.39, 0.29) is 0 Å². The summed E-state index contributed by atoms with van der Waals surface area (Å²) in [7, 11) is -0.543. The summed E-state index contributed by atoms with van der Waals surface area (Å²) >= 11 is 0. The van der Waals surface area contributed by atoms with E-state index in [2.05, 4.69) is 5.32 Å². The summed E-state index contributed by atoms with van der Waals surface area (Å²) in [5.41, 5.74) is 0. The molecule has 0 heterocycles. The molecule has 0 rings (SSSR count). The molecule has 0 saturated carbocycles. The van der Waals surface area contributed by atoms with E-state index in [4.69, 9.17) is 9.16 Å². The maximum absolute atomic E-state index is 10.00. The molecular formula is C10H23NO3Si. The third-order valence-corrected chi connectivity index (χ3v) is 2.98. The minimum atomic E-state index is -0.543. The number of aldehydes is 1. The third-order valence-electron chi connectivity index (χ3n) is 1.93. The molecule has 4 nitrogen and oxygen atoms in total. The van der Waals surface area contributed by atoms with Gasteiger partial charge in [0.1, 0.15) is 6.29 Å². The molecule has 0 aliphatic rings. The van der Waals surface area contributed by atoms with Crippen molar-refractivity contribution in [2.24, 2.45) is 0 Å². The minimum Gasteiger partial charge on any atom is -0.424 e. The lowest BCUT2D eigenvalue weighted by atomic mass is 10.2. The van der Waals surface area contributed by atoms with Gasteiger partial charge in [0.2, 0.25) is 0 Å². The monoisotopic (exact) mass is 233 g/mol. The first-order valence-corrected chi connectivity index (χ1v) is 7.29. The van der Waals surface area contributed by atoms with E-state index in [9.17, 15) is 4.79 Å².